The number of amides is 1. The number of rotatable bonds is 6. The first-order chi connectivity index (χ1) is 7.67. The monoisotopic (exact) mass is 291 g/mol. The standard InChI is InChI=1S/C12H22BrNO2/c1-3-12(4-2,8-13)9-14-11(15)10-5-6-16-7-10/h10H,3-9H2,1-2H3,(H,14,15). The van der Waals surface area contributed by atoms with Crippen LogP contribution in [0.25, 0.3) is 0 Å². The molecule has 4 heteroatoms. The Labute approximate surface area is 106 Å². The first-order valence-electron chi connectivity index (χ1n) is 6.09. The maximum Gasteiger partial charge on any atom is 0.225 e. The van der Waals surface area contributed by atoms with Crippen LogP contribution in [0.2, 0.25) is 0 Å². The molecule has 1 rings (SSSR count). The summed E-state index contributed by atoms with van der Waals surface area (Å²) in [5.41, 5.74) is 0.203. The topological polar surface area (TPSA) is 38.3 Å². The van der Waals surface area contributed by atoms with Crippen LogP contribution in [-0.4, -0.2) is 31.0 Å². The normalized spacial score (nSPS) is 21.1. The van der Waals surface area contributed by atoms with Crippen LogP contribution in [0.15, 0.2) is 0 Å². The lowest BCUT2D eigenvalue weighted by Gasteiger charge is -2.30. The van der Waals surface area contributed by atoms with Crippen molar-refractivity contribution in [2.24, 2.45) is 11.3 Å². The second-order valence-electron chi connectivity index (χ2n) is 4.62. The van der Waals surface area contributed by atoms with E-state index in [4.69, 9.17) is 4.74 Å². The Hall–Kier alpha value is -0.0900. The Bertz CT molecular complexity index is 215. The molecule has 94 valence electrons. The van der Waals surface area contributed by atoms with Crippen LogP contribution >= 0.6 is 15.9 Å². The molecule has 1 unspecified atom stereocenters. The number of nitrogens with one attached hydrogen (secondary N) is 1. The van der Waals surface area contributed by atoms with Gasteiger partial charge in [0.15, 0.2) is 0 Å². The van der Waals surface area contributed by atoms with Crippen molar-refractivity contribution in [1.29, 1.82) is 0 Å². The maximum absolute atomic E-state index is 11.8. The lowest BCUT2D eigenvalue weighted by atomic mass is 9.84. The lowest BCUT2D eigenvalue weighted by Crippen LogP contribution is -2.40. The van der Waals surface area contributed by atoms with Gasteiger partial charge in [0.1, 0.15) is 0 Å². The highest BCUT2D eigenvalue weighted by atomic mass is 79.9. The molecule has 1 heterocycles. The van der Waals surface area contributed by atoms with Crippen molar-refractivity contribution in [1.82, 2.24) is 5.32 Å². The van der Waals surface area contributed by atoms with E-state index in [2.05, 4.69) is 35.1 Å². The molecule has 0 aromatic carbocycles. The Balaban J connectivity index is 2.39. The number of hydrogen-bond donors (Lipinski definition) is 1. The Kier molecular flexibility index (Phi) is 5.76. The van der Waals surface area contributed by atoms with Gasteiger partial charge in [-0.25, -0.2) is 0 Å². The van der Waals surface area contributed by atoms with Crippen LogP contribution in [0.4, 0.5) is 0 Å². The summed E-state index contributed by atoms with van der Waals surface area (Å²) in [4.78, 5) is 11.8. The fraction of sp³-hybridized carbons (Fsp3) is 0.917. The summed E-state index contributed by atoms with van der Waals surface area (Å²) in [6.07, 6.45) is 3.03. The van der Waals surface area contributed by atoms with Crippen LogP contribution in [0, 0.1) is 11.3 Å². The van der Waals surface area contributed by atoms with Gasteiger partial charge in [-0.1, -0.05) is 29.8 Å². The molecule has 1 amide bonds. The molecule has 0 bridgehead atoms. The molecule has 0 spiro atoms. The maximum atomic E-state index is 11.8. The van der Waals surface area contributed by atoms with E-state index < -0.39 is 0 Å². The Morgan fingerprint density at radius 3 is 2.62 bits per heavy atom. The zero-order chi connectivity index (χ0) is 12.0. The molecule has 0 aromatic heterocycles. The third kappa shape index (κ3) is 3.45. The minimum absolute atomic E-state index is 0.0711. The van der Waals surface area contributed by atoms with Crippen molar-refractivity contribution in [3.8, 4) is 0 Å². The van der Waals surface area contributed by atoms with Crippen molar-refractivity contribution in [2.75, 3.05) is 25.1 Å². The smallest absolute Gasteiger partial charge is 0.225 e. The van der Waals surface area contributed by atoms with Gasteiger partial charge in [0, 0.05) is 18.5 Å². The number of carbonyl (C=O) groups is 1. The molecule has 1 fully saturated rings. The van der Waals surface area contributed by atoms with Crippen molar-refractivity contribution in [3.05, 3.63) is 0 Å². The third-order valence-electron chi connectivity index (χ3n) is 3.72. The summed E-state index contributed by atoms with van der Waals surface area (Å²) in [7, 11) is 0. The van der Waals surface area contributed by atoms with Gasteiger partial charge in [-0.15, -0.1) is 0 Å². The summed E-state index contributed by atoms with van der Waals surface area (Å²) in [6, 6.07) is 0. The highest BCUT2D eigenvalue weighted by Gasteiger charge is 2.28. The van der Waals surface area contributed by atoms with Gasteiger partial charge in [0.05, 0.1) is 12.5 Å². The van der Waals surface area contributed by atoms with E-state index in [1.807, 2.05) is 0 Å². The van der Waals surface area contributed by atoms with Crippen LogP contribution in [0.3, 0.4) is 0 Å². The van der Waals surface area contributed by atoms with Crippen molar-refractivity contribution < 1.29 is 9.53 Å². The minimum atomic E-state index is 0.0711. The van der Waals surface area contributed by atoms with E-state index >= 15 is 0 Å². The zero-order valence-electron chi connectivity index (χ0n) is 10.2. The number of alkyl halides is 1. The van der Waals surface area contributed by atoms with Crippen molar-refractivity contribution in [3.63, 3.8) is 0 Å². The molecule has 0 aromatic rings. The Morgan fingerprint density at radius 1 is 1.50 bits per heavy atom. The van der Waals surface area contributed by atoms with Gasteiger partial charge in [-0.2, -0.15) is 0 Å². The highest BCUT2D eigenvalue weighted by Crippen LogP contribution is 2.28. The molecule has 1 N–H and O–H groups in total. The predicted octanol–water partition coefficient (Wildman–Crippen LogP) is 2.34. The van der Waals surface area contributed by atoms with Gasteiger partial charge in [-0.05, 0) is 24.7 Å². The van der Waals surface area contributed by atoms with E-state index in [1.54, 1.807) is 0 Å². The van der Waals surface area contributed by atoms with Gasteiger partial charge < -0.3 is 10.1 Å². The zero-order valence-corrected chi connectivity index (χ0v) is 11.8. The number of halogens is 1. The number of hydrogen-bond acceptors (Lipinski definition) is 2. The second kappa shape index (κ2) is 6.60. The molecule has 16 heavy (non-hydrogen) atoms. The lowest BCUT2D eigenvalue weighted by molar-refractivity contribution is -0.125. The third-order valence-corrected chi connectivity index (χ3v) is 4.91. The van der Waals surface area contributed by atoms with Gasteiger partial charge in [0.25, 0.3) is 0 Å². The second-order valence-corrected chi connectivity index (χ2v) is 5.18. The average molecular weight is 292 g/mol. The molecular weight excluding hydrogens is 270 g/mol. The fourth-order valence-electron chi connectivity index (χ4n) is 1.90. The van der Waals surface area contributed by atoms with E-state index in [0.717, 1.165) is 37.7 Å². The van der Waals surface area contributed by atoms with Gasteiger partial charge >= 0.3 is 0 Å². The predicted molar refractivity (Wildman–Crippen MR) is 68.7 cm³/mol. The van der Waals surface area contributed by atoms with E-state index in [-0.39, 0.29) is 17.2 Å². The summed E-state index contributed by atoms with van der Waals surface area (Å²) in [6.45, 7) is 6.43. The average Bonchev–Trinajstić information content (AvgIpc) is 2.85. The Morgan fingerprint density at radius 2 is 2.19 bits per heavy atom. The molecule has 1 aliphatic rings. The molecule has 1 aliphatic heterocycles. The molecule has 3 nitrogen and oxygen atoms in total. The molecule has 0 aliphatic carbocycles. The molecule has 1 saturated heterocycles. The largest absolute Gasteiger partial charge is 0.381 e. The quantitative estimate of drug-likeness (QED) is 0.763. The summed E-state index contributed by atoms with van der Waals surface area (Å²) in [5.74, 6) is 0.228. The first-order valence-corrected chi connectivity index (χ1v) is 7.21. The van der Waals surface area contributed by atoms with Crippen LogP contribution in [0.1, 0.15) is 33.1 Å². The molecular formula is C12H22BrNO2. The van der Waals surface area contributed by atoms with Crippen LogP contribution in [-0.2, 0) is 9.53 Å². The fourth-order valence-corrected chi connectivity index (χ4v) is 2.89. The van der Waals surface area contributed by atoms with Gasteiger partial charge in [-0.3, -0.25) is 4.79 Å². The van der Waals surface area contributed by atoms with E-state index in [0.29, 0.717) is 6.61 Å². The highest BCUT2D eigenvalue weighted by molar-refractivity contribution is 9.09. The summed E-state index contributed by atoms with van der Waals surface area (Å²) >= 11 is 3.55. The number of ether oxygens (including phenoxy) is 1. The molecule has 0 radical (unpaired) electrons. The minimum Gasteiger partial charge on any atom is -0.381 e. The van der Waals surface area contributed by atoms with E-state index in [9.17, 15) is 4.79 Å². The summed E-state index contributed by atoms with van der Waals surface area (Å²) in [5, 5.41) is 4.01. The van der Waals surface area contributed by atoms with Gasteiger partial charge in [0.2, 0.25) is 5.91 Å². The molecule has 1 atom stereocenters. The van der Waals surface area contributed by atoms with Crippen molar-refractivity contribution >= 4 is 21.8 Å². The van der Waals surface area contributed by atoms with E-state index in [1.165, 1.54) is 0 Å². The van der Waals surface area contributed by atoms with Crippen LogP contribution < -0.4 is 5.32 Å². The van der Waals surface area contributed by atoms with Crippen molar-refractivity contribution in [2.45, 2.75) is 33.1 Å². The first kappa shape index (κ1) is 14.0. The van der Waals surface area contributed by atoms with Crippen LogP contribution in [0.5, 0.6) is 0 Å². The molecule has 0 saturated carbocycles. The number of carbonyl (C=O) groups excluding carboxylic acids is 1. The summed E-state index contributed by atoms with van der Waals surface area (Å²) < 4.78 is 5.22. The SMILES string of the molecule is CCC(CC)(CBr)CNC(=O)C1CCOC1.